The van der Waals surface area contributed by atoms with E-state index in [1.54, 1.807) is 6.92 Å². The molecule has 1 aromatic carbocycles. The molecule has 0 aromatic heterocycles. The number of sulfonamides is 1. The van der Waals surface area contributed by atoms with Gasteiger partial charge in [-0.1, -0.05) is 31.9 Å². The third kappa shape index (κ3) is 4.49. The van der Waals surface area contributed by atoms with Gasteiger partial charge in [-0.3, -0.25) is 4.79 Å². The molecule has 0 spiro atoms. The van der Waals surface area contributed by atoms with Gasteiger partial charge in [0.05, 0.1) is 15.6 Å². The summed E-state index contributed by atoms with van der Waals surface area (Å²) in [6.45, 7) is 3.79. The van der Waals surface area contributed by atoms with Gasteiger partial charge in [-0.2, -0.15) is 0 Å². The number of benzene rings is 1. The summed E-state index contributed by atoms with van der Waals surface area (Å²) in [6, 6.07) is 3.94. The summed E-state index contributed by atoms with van der Waals surface area (Å²) >= 11 is 5.92. The Morgan fingerprint density at radius 3 is 2.63 bits per heavy atom. The first-order valence-corrected chi connectivity index (χ1v) is 7.81. The molecule has 5 nitrogen and oxygen atoms in total. The van der Waals surface area contributed by atoms with Crippen molar-refractivity contribution in [1.82, 2.24) is 0 Å². The number of carbonyl (C=O) groups excluding carboxylic acids is 1. The van der Waals surface area contributed by atoms with Crippen LogP contribution in [0.1, 0.15) is 26.7 Å². The van der Waals surface area contributed by atoms with Gasteiger partial charge >= 0.3 is 0 Å². The number of anilines is 1. The molecular weight excluding hydrogens is 288 g/mol. The first kappa shape index (κ1) is 15.9. The second-order valence-electron chi connectivity index (χ2n) is 4.37. The van der Waals surface area contributed by atoms with E-state index in [0.717, 1.165) is 12.8 Å². The minimum Gasteiger partial charge on any atom is -0.324 e. The third-order valence-corrected chi connectivity index (χ3v) is 3.93. The van der Waals surface area contributed by atoms with E-state index < -0.39 is 10.0 Å². The topological polar surface area (TPSA) is 89.3 Å². The summed E-state index contributed by atoms with van der Waals surface area (Å²) in [6.07, 6.45) is 1.64. The molecule has 1 atom stereocenters. The van der Waals surface area contributed by atoms with E-state index in [4.69, 9.17) is 16.7 Å². The maximum Gasteiger partial charge on any atom is 0.238 e. The van der Waals surface area contributed by atoms with E-state index >= 15 is 0 Å². The molecule has 0 saturated carbocycles. The van der Waals surface area contributed by atoms with Crippen LogP contribution in [0.4, 0.5) is 5.69 Å². The van der Waals surface area contributed by atoms with Crippen LogP contribution in [0.5, 0.6) is 0 Å². The summed E-state index contributed by atoms with van der Waals surface area (Å²) in [5, 5.41) is 7.91. The molecule has 7 heteroatoms. The van der Waals surface area contributed by atoms with Crippen LogP contribution in [0.2, 0.25) is 5.02 Å². The molecule has 0 bridgehead atoms. The normalized spacial score (nSPS) is 13.1. The lowest BCUT2D eigenvalue weighted by atomic mass is 10.1. The number of amides is 1. The number of nitrogens with one attached hydrogen (secondary N) is 1. The number of hydrogen-bond acceptors (Lipinski definition) is 3. The third-order valence-electron chi connectivity index (χ3n) is 2.69. The van der Waals surface area contributed by atoms with Gasteiger partial charge in [0.15, 0.2) is 0 Å². The van der Waals surface area contributed by atoms with Gasteiger partial charge in [0.25, 0.3) is 0 Å². The quantitative estimate of drug-likeness (QED) is 0.875. The van der Waals surface area contributed by atoms with Gasteiger partial charge in [0.2, 0.25) is 15.9 Å². The van der Waals surface area contributed by atoms with Gasteiger partial charge in [0, 0.05) is 5.92 Å². The molecule has 0 heterocycles. The van der Waals surface area contributed by atoms with E-state index in [2.05, 4.69) is 5.32 Å². The molecule has 0 aliphatic rings. The number of primary sulfonamides is 1. The summed E-state index contributed by atoms with van der Waals surface area (Å²) < 4.78 is 22.5. The number of hydrogen-bond donors (Lipinski definition) is 2. The van der Waals surface area contributed by atoms with Gasteiger partial charge in [-0.25, -0.2) is 13.6 Å². The summed E-state index contributed by atoms with van der Waals surface area (Å²) in [5.41, 5.74) is 0.251. The highest BCUT2D eigenvalue weighted by atomic mass is 35.5. The van der Waals surface area contributed by atoms with Crippen molar-refractivity contribution in [3.8, 4) is 0 Å². The lowest BCUT2D eigenvalue weighted by molar-refractivity contribution is -0.119. The Hall–Kier alpha value is -1.11. The van der Waals surface area contributed by atoms with E-state index in [0.29, 0.717) is 0 Å². The second kappa shape index (κ2) is 6.36. The average Bonchev–Trinajstić information content (AvgIpc) is 2.30. The summed E-state index contributed by atoms with van der Waals surface area (Å²) in [4.78, 5) is 11.8. The Balaban J connectivity index is 2.98. The van der Waals surface area contributed by atoms with Crippen LogP contribution < -0.4 is 10.5 Å². The molecular formula is C12H17ClN2O3S. The largest absolute Gasteiger partial charge is 0.324 e. The molecule has 106 valence electrons. The van der Waals surface area contributed by atoms with E-state index in [1.807, 2.05) is 6.92 Å². The van der Waals surface area contributed by atoms with Crippen molar-refractivity contribution in [2.24, 2.45) is 11.1 Å². The highest BCUT2D eigenvalue weighted by molar-refractivity contribution is 7.89. The first-order chi connectivity index (χ1) is 8.75. The predicted molar refractivity (Wildman–Crippen MR) is 75.5 cm³/mol. The van der Waals surface area contributed by atoms with Crippen LogP contribution in [-0.4, -0.2) is 14.3 Å². The highest BCUT2D eigenvalue weighted by Crippen LogP contribution is 2.25. The Labute approximate surface area is 118 Å². The van der Waals surface area contributed by atoms with Crippen molar-refractivity contribution < 1.29 is 13.2 Å². The van der Waals surface area contributed by atoms with Gasteiger partial charge < -0.3 is 5.32 Å². The maximum atomic E-state index is 11.9. The highest BCUT2D eigenvalue weighted by Gasteiger charge is 2.16. The van der Waals surface area contributed by atoms with E-state index in [1.165, 1.54) is 18.2 Å². The van der Waals surface area contributed by atoms with Gasteiger partial charge in [-0.05, 0) is 24.6 Å². The summed E-state index contributed by atoms with van der Waals surface area (Å²) in [5.74, 6) is -0.366. The number of rotatable bonds is 5. The zero-order valence-corrected chi connectivity index (χ0v) is 12.4. The maximum absolute atomic E-state index is 11.9. The zero-order valence-electron chi connectivity index (χ0n) is 10.8. The van der Waals surface area contributed by atoms with Crippen LogP contribution in [0.3, 0.4) is 0 Å². The van der Waals surface area contributed by atoms with Crippen LogP contribution >= 0.6 is 11.6 Å². The minimum absolute atomic E-state index is 0.0876. The Bertz CT molecular complexity index is 572. The van der Waals surface area contributed by atoms with Crippen LogP contribution in [0.25, 0.3) is 0 Å². The first-order valence-electron chi connectivity index (χ1n) is 5.89. The van der Waals surface area contributed by atoms with E-state index in [9.17, 15) is 13.2 Å². The average molecular weight is 305 g/mol. The molecule has 0 radical (unpaired) electrons. The lowest BCUT2D eigenvalue weighted by Crippen LogP contribution is -2.21. The molecule has 1 unspecified atom stereocenters. The number of nitrogens with two attached hydrogens (primary N) is 1. The van der Waals surface area contributed by atoms with Crippen LogP contribution in [-0.2, 0) is 14.8 Å². The lowest BCUT2D eigenvalue weighted by Gasteiger charge is -2.13. The molecule has 0 aliphatic heterocycles. The SMILES string of the molecule is CCCC(C)C(=O)Nc1cc(S(N)(=O)=O)ccc1Cl. The number of carbonyl (C=O) groups is 1. The van der Waals surface area contributed by atoms with E-state index in [-0.39, 0.29) is 27.4 Å². The summed E-state index contributed by atoms with van der Waals surface area (Å²) in [7, 11) is -3.82. The Kier molecular flexibility index (Phi) is 5.34. The monoisotopic (exact) mass is 304 g/mol. The Morgan fingerprint density at radius 1 is 1.47 bits per heavy atom. The van der Waals surface area contributed by atoms with Crippen molar-refractivity contribution in [3.05, 3.63) is 23.2 Å². The zero-order chi connectivity index (χ0) is 14.6. The van der Waals surface area contributed by atoms with Crippen LogP contribution in [0.15, 0.2) is 23.1 Å². The molecule has 1 rings (SSSR count). The fourth-order valence-corrected chi connectivity index (χ4v) is 2.30. The van der Waals surface area contributed by atoms with Crippen molar-refractivity contribution in [3.63, 3.8) is 0 Å². The molecule has 0 saturated heterocycles. The molecule has 1 amide bonds. The van der Waals surface area contributed by atoms with Gasteiger partial charge in [-0.15, -0.1) is 0 Å². The fourth-order valence-electron chi connectivity index (χ4n) is 1.60. The molecule has 19 heavy (non-hydrogen) atoms. The predicted octanol–water partition coefficient (Wildman–Crippen LogP) is 2.36. The smallest absolute Gasteiger partial charge is 0.238 e. The van der Waals surface area contributed by atoms with Crippen molar-refractivity contribution >= 4 is 33.2 Å². The van der Waals surface area contributed by atoms with Crippen molar-refractivity contribution in [1.29, 1.82) is 0 Å². The van der Waals surface area contributed by atoms with Crippen molar-refractivity contribution in [2.45, 2.75) is 31.6 Å². The van der Waals surface area contributed by atoms with Crippen molar-refractivity contribution in [2.75, 3.05) is 5.32 Å². The molecule has 3 N–H and O–H groups in total. The standard InChI is InChI=1S/C12H17ClN2O3S/c1-3-4-8(2)12(16)15-11-7-9(19(14,17)18)5-6-10(11)13/h5-8H,3-4H2,1-2H3,(H,15,16)(H2,14,17,18). The van der Waals surface area contributed by atoms with Crippen LogP contribution in [0, 0.1) is 5.92 Å². The van der Waals surface area contributed by atoms with Gasteiger partial charge in [0.1, 0.15) is 0 Å². The fraction of sp³-hybridized carbons (Fsp3) is 0.417. The minimum atomic E-state index is -3.82. The molecule has 1 aromatic rings. The molecule has 0 aliphatic carbocycles. The number of halogens is 1. The second-order valence-corrected chi connectivity index (χ2v) is 6.33. The Morgan fingerprint density at radius 2 is 2.11 bits per heavy atom. The molecule has 0 fully saturated rings.